The van der Waals surface area contributed by atoms with Gasteiger partial charge in [-0.2, -0.15) is 16.6 Å². The standard InChI is InChI=1S/C16H22BNO2S/c1-15(2)16(3,4)20-17(19-15)14-9-12(10-21-14)13(7-8-18)11-5-6-11/h9-11,13H,5-7H2,1-4H3. The van der Waals surface area contributed by atoms with Crippen molar-refractivity contribution in [3.05, 3.63) is 17.0 Å². The minimum atomic E-state index is -0.301. The Bertz CT molecular complexity index is 555. The van der Waals surface area contributed by atoms with Gasteiger partial charge in [0, 0.05) is 17.1 Å². The molecule has 0 bridgehead atoms. The molecule has 0 amide bonds. The van der Waals surface area contributed by atoms with Crippen LogP contribution in [0.15, 0.2) is 11.4 Å². The summed E-state index contributed by atoms with van der Waals surface area (Å²) < 4.78 is 13.3. The van der Waals surface area contributed by atoms with Gasteiger partial charge in [-0.25, -0.2) is 0 Å². The van der Waals surface area contributed by atoms with Gasteiger partial charge in [0.1, 0.15) is 0 Å². The first-order valence-corrected chi connectivity index (χ1v) is 8.53. The van der Waals surface area contributed by atoms with Crippen molar-refractivity contribution in [1.29, 1.82) is 5.26 Å². The molecule has 1 aliphatic heterocycles. The normalized spacial score (nSPS) is 24.8. The molecule has 1 aliphatic carbocycles. The highest BCUT2D eigenvalue weighted by molar-refractivity contribution is 7.20. The second kappa shape index (κ2) is 5.12. The maximum absolute atomic E-state index is 9.03. The number of rotatable bonds is 4. The van der Waals surface area contributed by atoms with E-state index in [1.807, 2.05) is 0 Å². The van der Waals surface area contributed by atoms with E-state index < -0.39 is 0 Å². The second-order valence-electron chi connectivity index (χ2n) is 7.18. The summed E-state index contributed by atoms with van der Waals surface area (Å²) in [5, 5.41) is 11.2. The molecule has 5 heteroatoms. The van der Waals surface area contributed by atoms with Crippen LogP contribution >= 0.6 is 11.3 Å². The number of nitriles is 1. The van der Waals surface area contributed by atoms with Crippen molar-refractivity contribution >= 4 is 23.2 Å². The van der Waals surface area contributed by atoms with E-state index in [0.29, 0.717) is 18.3 Å². The van der Waals surface area contributed by atoms with Gasteiger partial charge in [-0.05, 0) is 63.5 Å². The Hall–Kier alpha value is -0.825. The Labute approximate surface area is 131 Å². The van der Waals surface area contributed by atoms with Gasteiger partial charge in [-0.1, -0.05) is 0 Å². The highest BCUT2D eigenvalue weighted by Gasteiger charge is 2.52. The van der Waals surface area contributed by atoms with Crippen LogP contribution in [0.3, 0.4) is 0 Å². The third-order valence-electron chi connectivity index (χ3n) is 5.06. The number of nitrogens with zero attached hydrogens (tertiary/aromatic N) is 1. The van der Waals surface area contributed by atoms with Crippen LogP contribution in [0.2, 0.25) is 0 Å². The van der Waals surface area contributed by atoms with E-state index in [1.54, 1.807) is 11.3 Å². The zero-order chi connectivity index (χ0) is 15.3. The molecule has 1 aromatic heterocycles. The molecule has 21 heavy (non-hydrogen) atoms. The van der Waals surface area contributed by atoms with E-state index in [9.17, 15) is 0 Å². The summed E-state index contributed by atoms with van der Waals surface area (Å²) in [5.74, 6) is 1.09. The van der Waals surface area contributed by atoms with Crippen LogP contribution in [-0.4, -0.2) is 18.3 Å². The van der Waals surface area contributed by atoms with Crippen LogP contribution in [0.4, 0.5) is 0 Å². The van der Waals surface area contributed by atoms with Crippen molar-refractivity contribution in [3.63, 3.8) is 0 Å². The van der Waals surface area contributed by atoms with E-state index >= 15 is 0 Å². The molecule has 0 spiro atoms. The Morgan fingerprint density at radius 2 is 1.95 bits per heavy atom. The summed E-state index contributed by atoms with van der Waals surface area (Å²) in [7, 11) is -0.282. The van der Waals surface area contributed by atoms with E-state index in [4.69, 9.17) is 14.6 Å². The monoisotopic (exact) mass is 303 g/mol. The van der Waals surface area contributed by atoms with Gasteiger partial charge in [0.2, 0.25) is 0 Å². The second-order valence-corrected chi connectivity index (χ2v) is 8.12. The third-order valence-corrected chi connectivity index (χ3v) is 6.03. The van der Waals surface area contributed by atoms with Gasteiger partial charge in [0.25, 0.3) is 0 Å². The van der Waals surface area contributed by atoms with Gasteiger partial charge in [0.05, 0.1) is 17.3 Å². The molecule has 3 nitrogen and oxygen atoms in total. The molecule has 112 valence electrons. The zero-order valence-corrected chi connectivity index (χ0v) is 14.0. The minimum absolute atomic E-state index is 0.282. The predicted molar refractivity (Wildman–Crippen MR) is 85.7 cm³/mol. The molecule has 1 aromatic rings. The SMILES string of the molecule is CC1(C)OB(c2cc(C(CC#N)C3CC3)cs2)OC1(C)C. The summed E-state index contributed by atoms with van der Waals surface area (Å²) in [6.45, 7) is 8.29. The highest BCUT2D eigenvalue weighted by atomic mass is 32.1. The summed E-state index contributed by atoms with van der Waals surface area (Å²) in [6, 6.07) is 4.52. The lowest BCUT2D eigenvalue weighted by Crippen LogP contribution is -2.41. The fourth-order valence-electron chi connectivity index (χ4n) is 2.80. The van der Waals surface area contributed by atoms with Crippen molar-refractivity contribution in [1.82, 2.24) is 0 Å². The van der Waals surface area contributed by atoms with Crippen LogP contribution in [-0.2, 0) is 9.31 Å². The smallest absolute Gasteiger partial charge is 0.399 e. The van der Waals surface area contributed by atoms with Crippen molar-refractivity contribution in [3.8, 4) is 6.07 Å². The first-order chi connectivity index (χ1) is 9.84. The molecule has 2 aliphatic rings. The number of thiophene rings is 1. The summed E-state index contributed by atoms with van der Waals surface area (Å²) in [4.78, 5) is 0. The first kappa shape index (κ1) is 15.1. The fraction of sp³-hybridized carbons (Fsp3) is 0.688. The Morgan fingerprint density at radius 1 is 1.33 bits per heavy atom. The number of hydrogen-bond acceptors (Lipinski definition) is 4. The van der Waals surface area contributed by atoms with Crippen LogP contribution in [0.1, 0.15) is 58.4 Å². The molecule has 2 fully saturated rings. The minimum Gasteiger partial charge on any atom is -0.399 e. The molecule has 0 radical (unpaired) electrons. The first-order valence-electron chi connectivity index (χ1n) is 7.65. The zero-order valence-electron chi connectivity index (χ0n) is 13.2. The molecule has 2 heterocycles. The van der Waals surface area contributed by atoms with Crippen molar-refractivity contribution in [2.75, 3.05) is 0 Å². The molecular weight excluding hydrogens is 281 g/mol. The van der Waals surface area contributed by atoms with E-state index in [0.717, 1.165) is 4.78 Å². The lowest BCUT2D eigenvalue weighted by molar-refractivity contribution is 0.00578. The topological polar surface area (TPSA) is 42.2 Å². The molecule has 1 saturated carbocycles. The van der Waals surface area contributed by atoms with E-state index in [-0.39, 0.29) is 18.3 Å². The van der Waals surface area contributed by atoms with Gasteiger partial charge >= 0.3 is 7.12 Å². The summed E-state index contributed by atoms with van der Waals surface area (Å²) in [6.07, 6.45) is 3.13. The molecule has 1 unspecified atom stereocenters. The van der Waals surface area contributed by atoms with Crippen LogP contribution < -0.4 is 4.78 Å². The van der Waals surface area contributed by atoms with Gasteiger partial charge < -0.3 is 9.31 Å². The lowest BCUT2D eigenvalue weighted by atomic mass is 9.85. The molecular formula is C16H22BNO2S. The van der Waals surface area contributed by atoms with Gasteiger partial charge in [0.15, 0.2) is 0 Å². The number of hydrogen-bond donors (Lipinski definition) is 0. The molecule has 1 saturated heterocycles. The van der Waals surface area contributed by atoms with Crippen LogP contribution in [0, 0.1) is 17.2 Å². The average Bonchev–Trinajstić information content (AvgIpc) is 3.05. The van der Waals surface area contributed by atoms with Crippen LogP contribution in [0.25, 0.3) is 0 Å². The Morgan fingerprint density at radius 3 is 2.48 bits per heavy atom. The molecule has 1 atom stereocenters. The van der Waals surface area contributed by atoms with Crippen molar-refractivity contribution in [2.45, 2.75) is 64.1 Å². The predicted octanol–water partition coefficient (Wildman–Crippen LogP) is 3.45. The maximum Gasteiger partial charge on any atom is 0.505 e. The highest BCUT2D eigenvalue weighted by Crippen LogP contribution is 2.45. The fourth-order valence-corrected chi connectivity index (χ4v) is 3.73. The van der Waals surface area contributed by atoms with Gasteiger partial charge in [-0.3, -0.25) is 0 Å². The largest absolute Gasteiger partial charge is 0.505 e. The quantitative estimate of drug-likeness (QED) is 0.800. The third kappa shape index (κ3) is 2.77. The molecule has 3 rings (SSSR count). The van der Waals surface area contributed by atoms with Gasteiger partial charge in [-0.15, -0.1) is 0 Å². The Balaban J connectivity index is 1.78. The van der Waals surface area contributed by atoms with Crippen molar-refractivity contribution in [2.24, 2.45) is 5.92 Å². The Kier molecular flexibility index (Phi) is 3.68. The average molecular weight is 303 g/mol. The maximum atomic E-state index is 9.03. The summed E-state index contributed by atoms with van der Waals surface area (Å²) in [5.41, 5.74) is 0.683. The van der Waals surface area contributed by atoms with Crippen molar-refractivity contribution < 1.29 is 9.31 Å². The van der Waals surface area contributed by atoms with E-state index in [2.05, 4.69) is 45.2 Å². The molecule has 0 aromatic carbocycles. The lowest BCUT2D eigenvalue weighted by Gasteiger charge is -2.32. The van der Waals surface area contributed by atoms with Crippen LogP contribution in [0.5, 0.6) is 0 Å². The summed E-state index contributed by atoms with van der Waals surface area (Å²) >= 11 is 1.69. The molecule has 0 N–H and O–H groups in total. The van der Waals surface area contributed by atoms with E-state index in [1.165, 1.54) is 18.4 Å².